The van der Waals surface area contributed by atoms with Crippen molar-refractivity contribution in [3.63, 3.8) is 0 Å². The number of hydrogen-bond acceptors (Lipinski definition) is 8. The molecule has 23 aromatic rings. The highest BCUT2D eigenvalue weighted by Gasteiger charge is 2.22. The molecule has 0 N–H and O–H groups in total. The summed E-state index contributed by atoms with van der Waals surface area (Å²) in [5.74, 6) is 0. The number of pyridine rings is 3. The summed E-state index contributed by atoms with van der Waals surface area (Å²) in [5.41, 5.74) is 30.1. The minimum absolute atomic E-state index is 0.566. The summed E-state index contributed by atoms with van der Waals surface area (Å²) in [6, 6.07) is 121. The molecular formula is C111H62N12O2. The number of furan rings is 2. The molecular weight excluding hydrogens is 1530 g/mol. The van der Waals surface area contributed by atoms with Crippen LogP contribution >= 0.6 is 0 Å². The van der Waals surface area contributed by atoms with Gasteiger partial charge < -0.3 is 22.5 Å². The van der Waals surface area contributed by atoms with Crippen LogP contribution in [0.5, 0.6) is 0 Å². The molecule has 8 aromatic heterocycles. The predicted octanol–water partition coefficient (Wildman–Crippen LogP) is 29.3. The molecule has 15 aromatic carbocycles. The maximum atomic E-state index is 10.1. The van der Waals surface area contributed by atoms with E-state index < -0.39 is 0 Å². The molecule has 125 heavy (non-hydrogen) atoms. The highest BCUT2D eigenvalue weighted by Crippen LogP contribution is 2.44. The molecule has 0 saturated carbocycles. The Morgan fingerprint density at radius 1 is 0.224 bits per heavy atom. The van der Waals surface area contributed by atoms with Crippen LogP contribution < -0.4 is 0 Å². The Morgan fingerprint density at radius 3 is 0.952 bits per heavy atom. The van der Waals surface area contributed by atoms with Crippen molar-refractivity contribution in [2.24, 2.45) is 0 Å². The fraction of sp³-hybridized carbons (Fsp3) is 0. The molecule has 0 unspecified atom stereocenters. The van der Waals surface area contributed by atoms with Gasteiger partial charge in [0.1, 0.15) is 22.3 Å². The maximum absolute atomic E-state index is 10.1. The molecule has 8 heterocycles. The van der Waals surface area contributed by atoms with Crippen molar-refractivity contribution < 1.29 is 8.83 Å². The SMILES string of the molecule is [C-]#[N+]c1ccc2c(c1)c1ccccc1n2-c1cc(C#N)cc(-c2cc(-c3cccnc3)cc(-c3cccnc3)c2)c1.[C-]#[N+]c1ccc2c(c1)c1ccccc1n2-c1cc(C#N)cc(-c2cccc(-n3c4ccccc4c4ccccc43)c2)c1.[C-]#[N+]c1ccc2oc3ccc(-c4cc(-c5cccnc5)cc(-c5ccc6oc7ccc(C#N)cc7c6c5)c4)cc3c2c1. The fourth-order valence-electron chi connectivity index (χ4n) is 17.5. The minimum Gasteiger partial charge on any atom is -0.456 e. The molecule has 23 rings (SSSR count). The molecule has 0 saturated heterocycles. The Hall–Kier alpha value is -18.3. The fourth-order valence-corrected chi connectivity index (χ4v) is 17.5. The second kappa shape index (κ2) is 31.2. The third-order valence-corrected chi connectivity index (χ3v) is 23.2. The summed E-state index contributed by atoms with van der Waals surface area (Å²) in [6.07, 6.45) is 10.9. The lowest BCUT2D eigenvalue weighted by molar-refractivity contribution is 0.668. The van der Waals surface area contributed by atoms with Gasteiger partial charge in [-0.1, -0.05) is 133 Å². The number of nitrogens with zero attached hydrogens (tertiary/aromatic N) is 12. The van der Waals surface area contributed by atoms with E-state index in [9.17, 15) is 15.8 Å². The van der Waals surface area contributed by atoms with Crippen molar-refractivity contribution in [2.45, 2.75) is 0 Å². The average Bonchev–Trinajstić information content (AvgIpc) is 1.59. The normalized spacial score (nSPS) is 11.2. The number of benzene rings is 15. The van der Waals surface area contributed by atoms with Gasteiger partial charge >= 0.3 is 0 Å². The van der Waals surface area contributed by atoms with Crippen molar-refractivity contribution in [3.05, 3.63) is 428 Å². The zero-order valence-electron chi connectivity index (χ0n) is 66.5. The van der Waals surface area contributed by atoms with E-state index in [1.54, 1.807) is 30.7 Å². The molecule has 0 atom stereocenters. The quantitative estimate of drug-likeness (QED) is 0.122. The second-order valence-corrected chi connectivity index (χ2v) is 30.6. The first-order valence-electron chi connectivity index (χ1n) is 40.4. The van der Waals surface area contributed by atoms with Crippen LogP contribution in [0.15, 0.2) is 386 Å². The summed E-state index contributed by atoms with van der Waals surface area (Å²) < 4.78 is 18.8. The molecule has 0 aliphatic carbocycles. The maximum Gasteiger partial charge on any atom is 0.188 e. The molecule has 0 bridgehead atoms. The summed E-state index contributed by atoms with van der Waals surface area (Å²) in [5, 5.41) is 40.0. The molecule has 0 amide bonds. The highest BCUT2D eigenvalue weighted by atomic mass is 16.3. The standard InChI is InChI=1S/C38H22N4.C37H19N3O2.C36H21N5/c1-40-28-17-18-38-34(23-28)33-13-4-7-16-37(33)42(38)30-20-25(24-39)19-27(22-30)26-9-8-10-29(21-26)41-35-14-5-2-11-31(35)32-12-3-6-15-36(32)41;1-39-29-7-11-37-33(19-29)32-18-24(6-10-36(32)42-37)27-14-26(15-28(16-27)25-3-2-12-40-21-25)23-5-9-35-31(17-23)30-13-22(20-38)4-8-34(30)41-35;1-38-31-10-11-36-34(20-31)33-8-2-3-9-35(33)41(36)32-15-24(21-37)14-27(19-32)30-17-28(25-6-4-12-39-22-25)16-29(18-30)26-7-5-13-40-23-26/h2-23H;2-19,21H;2-20,22-23H. The van der Waals surface area contributed by atoms with Crippen LogP contribution in [-0.4, -0.2) is 28.7 Å². The number of nitriles is 3. The lowest BCUT2D eigenvalue weighted by Gasteiger charge is -2.14. The average molecular weight is 1600 g/mol. The van der Waals surface area contributed by atoms with Crippen LogP contribution in [0.1, 0.15) is 16.7 Å². The van der Waals surface area contributed by atoms with E-state index in [0.29, 0.717) is 33.8 Å². The van der Waals surface area contributed by atoms with Crippen molar-refractivity contribution >= 4 is 126 Å². The van der Waals surface area contributed by atoms with E-state index in [1.807, 2.05) is 170 Å². The van der Waals surface area contributed by atoms with Crippen molar-refractivity contribution in [3.8, 4) is 113 Å². The van der Waals surface area contributed by atoms with Crippen LogP contribution in [0.4, 0.5) is 17.1 Å². The van der Waals surface area contributed by atoms with Crippen LogP contribution in [0, 0.1) is 53.7 Å². The van der Waals surface area contributed by atoms with E-state index in [2.05, 4.69) is 237 Å². The molecule has 0 aliphatic heterocycles. The van der Waals surface area contributed by atoms with Crippen molar-refractivity contribution in [2.75, 3.05) is 0 Å². The number of para-hydroxylation sites is 4. The molecule has 0 radical (unpaired) electrons. The number of fused-ring (bicyclic) bond motifs is 15. The number of rotatable bonds is 10. The van der Waals surface area contributed by atoms with Gasteiger partial charge in [-0.15, -0.1) is 0 Å². The third-order valence-electron chi connectivity index (χ3n) is 23.2. The molecule has 14 heteroatoms. The van der Waals surface area contributed by atoms with Gasteiger partial charge in [0.2, 0.25) is 0 Å². The topological polar surface area (TPSA) is 164 Å². The molecule has 578 valence electrons. The first-order valence-corrected chi connectivity index (χ1v) is 40.4. The zero-order chi connectivity index (χ0) is 84.2. The zero-order valence-corrected chi connectivity index (χ0v) is 66.5. The van der Waals surface area contributed by atoms with Crippen LogP contribution in [0.2, 0.25) is 0 Å². The van der Waals surface area contributed by atoms with Gasteiger partial charge in [-0.25, -0.2) is 14.5 Å². The van der Waals surface area contributed by atoms with E-state index >= 15 is 0 Å². The Bertz CT molecular complexity index is 8380. The third kappa shape index (κ3) is 13.5. The summed E-state index contributed by atoms with van der Waals surface area (Å²) in [6.45, 7) is 22.5. The lowest BCUT2D eigenvalue weighted by Crippen LogP contribution is -1.97. The first kappa shape index (κ1) is 74.3. The van der Waals surface area contributed by atoms with Crippen LogP contribution in [0.25, 0.3) is 219 Å². The number of hydrogen-bond donors (Lipinski definition) is 0. The first-order chi connectivity index (χ1) is 61.6. The molecule has 0 aliphatic rings. The van der Waals surface area contributed by atoms with Crippen molar-refractivity contribution in [1.82, 2.24) is 28.7 Å². The largest absolute Gasteiger partial charge is 0.456 e. The minimum atomic E-state index is 0.566. The van der Waals surface area contributed by atoms with Gasteiger partial charge in [0.25, 0.3) is 0 Å². The highest BCUT2D eigenvalue weighted by molar-refractivity contribution is 6.14. The monoisotopic (exact) mass is 1590 g/mol. The lowest BCUT2D eigenvalue weighted by atomic mass is 9.92. The smallest absolute Gasteiger partial charge is 0.188 e. The Labute approximate surface area is 716 Å². The van der Waals surface area contributed by atoms with Gasteiger partial charge in [-0.05, 0) is 278 Å². The molecule has 0 fully saturated rings. The summed E-state index contributed by atoms with van der Waals surface area (Å²) >= 11 is 0. The van der Waals surface area contributed by atoms with Gasteiger partial charge in [0.15, 0.2) is 17.1 Å². The van der Waals surface area contributed by atoms with E-state index in [1.165, 1.54) is 10.8 Å². The Morgan fingerprint density at radius 2 is 0.536 bits per heavy atom. The summed E-state index contributed by atoms with van der Waals surface area (Å²) in [4.78, 5) is 23.9. The Balaban J connectivity index is 0.000000115. The molecule has 14 nitrogen and oxygen atoms in total. The van der Waals surface area contributed by atoms with Crippen molar-refractivity contribution in [1.29, 1.82) is 15.8 Å². The summed E-state index contributed by atoms with van der Waals surface area (Å²) in [7, 11) is 0. The molecule has 0 spiro atoms. The van der Waals surface area contributed by atoms with E-state index in [0.717, 1.165) is 193 Å². The predicted molar refractivity (Wildman–Crippen MR) is 501 cm³/mol. The van der Waals surface area contributed by atoms with Crippen LogP contribution in [-0.2, 0) is 0 Å². The van der Waals surface area contributed by atoms with E-state index in [4.69, 9.17) is 28.6 Å². The van der Waals surface area contributed by atoms with Crippen LogP contribution in [0.3, 0.4) is 0 Å². The van der Waals surface area contributed by atoms with Gasteiger partial charge in [0, 0.05) is 114 Å². The van der Waals surface area contributed by atoms with Gasteiger partial charge in [0.05, 0.1) is 87.7 Å². The van der Waals surface area contributed by atoms with Gasteiger partial charge in [-0.3, -0.25) is 15.0 Å². The number of aromatic nitrogens is 6. The van der Waals surface area contributed by atoms with Gasteiger partial charge in [-0.2, -0.15) is 15.8 Å². The second-order valence-electron chi connectivity index (χ2n) is 30.6. The van der Waals surface area contributed by atoms with E-state index in [-0.39, 0.29) is 0 Å². The Kier molecular flexibility index (Phi) is 18.5.